The van der Waals surface area contributed by atoms with E-state index in [2.05, 4.69) is 5.32 Å². The van der Waals surface area contributed by atoms with Gasteiger partial charge in [-0.3, -0.25) is 9.10 Å². The Hall–Kier alpha value is -3.81. The second-order valence-corrected chi connectivity index (χ2v) is 10.5. The van der Waals surface area contributed by atoms with Crippen molar-refractivity contribution in [2.45, 2.75) is 6.54 Å². The Morgan fingerprint density at radius 2 is 1.57 bits per heavy atom. The maximum Gasteiger partial charge on any atom is 0.255 e. The molecule has 1 heterocycles. The molecular weight excluding hydrogens is 484 g/mol. The van der Waals surface area contributed by atoms with Gasteiger partial charge in [0.1, 0.15) is 11.2 Å². The number of hydrogen-bond acceptors (Lipinski definition) is 4. The molecule has 8 heteroatoms. The number of anilines is 2. The van der Waals surface area contributed by atoms with Crippen molar-refractivity contribution >= 4 is 60.8 Å². The van der Waals surface area contributed by atoms with Crippen LogP contribution < -0.4 is 9.62 Å². The minimum atomic E-state index is -3.58. The zero-order valence-electron chi connectivity index (χ0n) is 18.7. The number of carbonyl (C=O) groups is 1. The number of amides is 1. The Bertz CT molecular complexity index is 1660. The molecule has 0 unspecified atom stereocenters. The number of hydrogen-bond donors (Lipinski definition) is 1. The summed E-state index contributed by atoms with van der Waals surface area (Å²) >= 11 is 6.23. The number of sulfonamides is 1. The molecule has 0 radical (unpaired) electrons. The Morgan fingerprint density at radius 3 is 2.31 bits per heavy atom. The molecule has 5 rings (SSSR count). The van der Waals surface area contributed by atoms with Gasteiger partial charge in [0.2, 0.25) is 10.0 Å². The monoisotopic (exact) mass is 504 g/mol. The highest BCUT2D eigenvalue weighted by Crippen LogP contribution is 2.30. The maximum atomic E-state index is 12.8. The van der Waals surface area contributed by atoms with E-state index in [0.29, 0.717) is 33.1 Å². The molecule has 1 aromatic heterocycles. The van der Waals surface area contributed by atoms with Crippen LogP contribution in [-0.2, 0) is 16.6 Å². The fourth-order valence-electron chi connectivity index (χ4n) is 3.97. The second-order valence-electron chi connectivity index (χ2n) is 8.17. The molecule has 0 aliphatic heterocycles. The summed E-state index contributed by atoms with van der Waals surface area (Å²) in [6, 6.07) is 26.8. The minimum Gasteiger partial charge on any atom is -0.456 e. The van der Waals surface area contributed by atoms with Crippen molar-refractivity contribution in [3.63, 3.8) is 0 Å². The van der Waals surface area contributed by atoms with E-state index in [9.17, 15) is 13.2 Å². The molecule has 0 bridgehead atoms. The Balaban J connectivity index is 1.36. The van der Waals surface area contributed by atoms with Crippen LogP contribution in [0.15, 0.2) is 95.4 Å². The number of furan rings is 1. The van der Waals surface area contributed by atoms with Crippen molar-refractivity contribution in [2.24, 2.45) is 0 Å². The average Bonchev–Trinajstić information content (AvgIpc) is 3.20. The third-order valence-corrected chi connectivity index (χ3v) is 7.24. The zero-order chi connectivity index (χ0) is 24.6. The molecule has 5 aromatic rings. The van der Waals surface area contributed by atoms with Gasteiger partial charge in [0.15, 0.2) is 0 Å². The molecule has 0 fully saturated rings. The highest BCUT2D eigenvalue weighted by molar-refractivity contribution is 7.92. The number of halogens is 1. The van der Waals surface area contributed by atoms with E-state index in [-0.39, 0.29) is 12.5 Å². The summed E-state index contributed by atoms with van der Waals surface area (Å²) in [6.45, 7) is 0.0849. The first kappa shape index (κ1) is 23.0. The SMILES string of the molecule is CS(=O)(=O)N(Cc1ccccc1Cl)c1ccc(C(=O)Nc2ccc3c(c2)oc2ccccc23)cc1. The van der Waals surface area contributed by atoms with Crippen molar-refractivity contribution in [1.82, 2.24) is 0 Å². The van der Waals surface area contributed by atoms with Crippen molar-refractivity contribution in [3.8, 4) is 0 Å². The fourth-order valence-corrected chi connectivity index (χ4v) is 5.04. The van der Waals surface area contributed by atoms with Crippen molar-refractivity contribution in [1.29, 1.82) is 0 Å². The first-order chi connectivity index (χ1) is 16.8. The smallest absolute Gasteiger partial charge is 0.255 e. The van der Waals surface area contributed by atoms with Gasteiger partial charge < -0.3 is 9.73 Å². The number of benzene rings is 4. The summed E-state index contributed by atoms with van der Waals surface area (Å²) in [5.41, 5.74) is 3.58. The number of fused-ring (bicyclic) bond motifs is 3. The minimum absolute atomic E-state index is 0.0849. The van der Waals surface area contributed by atoms with Crippen molar-refractivity contribution < 1.29 is 17.6 Å². The molecule has 6 nitrogen and oxygen atoms in total. The van der Waals surface area contributed by atoms with E-state index in [1.807, 2.05) is 36.4 Å². The number of para-hydroxylation sites is 1. The third kappa shape index (κ3) is 4.73. The lowest BCUT2D eigenvalue weighted by Gasteiger charge is -2.23. The maximum absolute atomic E-state index is 12.8. The standard InChI is InChI=1S/C27H21ClN2O4S/c1-35(32,33)30(17-19-6-2-4-8-24(19)28)21-13-10-18(11-14-21)27(31)29-20-12-15-23-22-7-3-5-9-25(22)34-26(23)16-20/h2-16H,17H2,1H3,(H,29,31). The molecule has 0 spiro atoms. The summed E-state index contributed by atoms with van der Waals surface area (Å²) in [7, 11) is -3.58. The molecule has 0 aliphatic rings. The van der Waals surface area contributed by atoms with Crippen molar-refractivity contribution in [2.75, 3.05) is 15.9 Å². The van der Waals surface area contributed by atoms with Crippen LogP contribution in [0.5, 0.6) is 0 Å². The normalized spacial score (nSPS) is 11.6. The summed E-state index contributed by atoms with van der Waals surface area (Å²) in [6.07, 6.45) is 1.14. The summed E-state index contributed by atoms with van der Waals surface area (Å²) in [5, 5.41) is 5.35. The van der Waals surface area contributed by atoms with Crippen LogP contribution in [0.3, 0.4) is 0 Å². The van der Waals surface area contributed by atoms with E-state index in [4.69, 9.17) is 16.0 Å². The summed E-state index contributed by atoms with van der Waals surface area (Å²) in [5.74, 6) is -0.316. The van der Waals surface area contributed by atoms with Gasteiger partial charge in [-0.2, -0.15) is 0 Å². The predicted octanol–water partition coefficient (Wildman–Crippen LogP) is 6.46. The van der Waals surface area contributed by atoms with Gasteiger partial charge in [0.05, 0.1) is 18.5 Å². The van der Waals surface area contributed by atoms with Crippen LogP contribution >= 0.6 is 11.6 Å². The van der Waals surface area contributed by atoms with Crippen LogP contribution in [0.25, 0.3) is 21.9 Å². The van der Waals surface area contributed by atoms with E-state index in [1.165, 1.54) is 4.31 Å². The lowest BCUT2D eigenvalue weighted by molar-refractivity contribution is 0.102. The van der Waals surface area contributed by atoms with Gasteiger partial charge in [-0.15, -0.1) is 0 Å². The average molecular weight is 505 g/mol. The number of nitrogens with one attached hydrogen (secondary N) is 1. The molecule has 35 heavy (non-hydrogen) atoms. The van der Waals surface area contributed by atoms with Gasteiger partial charge in [-0.1, -0.05) is 48.0 Å². The highest BCUT2D eigenvalue weighted by atomic mass is 35.5. The van der Waals surface area contributed by atoms with Crippen LogP contribution in [0.2, 0.25) is 5.02 Å². The first-order valence-corrected chi connectivity index (χ1v) is 13.1. The quantitative estimate of drug-likeness (QED) is 0.288. The molecule has 4 aromatic carbocycles. The van der Waals surface area contributed by atoms with Gasteiger partial charge in [0.25, 0.3) is 5.91 Å². The van der Waals surface area contributed by atoms with Crippen LogP contribution in [0.4, 0.5) is 11.4 Å². The largest absolute Gasteiger partial charge is 0.456 e. The zero-order valence-corrected chi connectivity index (χ0v) is 20.3. The lowest BCUT2D eigenvalue weighted by Crippen LogP contribution is -2.29. The first-order valence-electron chi connectivity index (χ1n) is 10.8. The van der Waals surface area contributed by atoms with Crippen LogP contribution in [-0.4, -0.2) is 20.6 Å². The molecular formula is C27H21ClN2O4S. The molecule has 0 aliphatic carbocycles. The van der Waals surface area contributed by atoms with Crippen LogP contribution in [0.1, 0.15) is 15.9 Å². The van der Waals surface area contributed by atoms with Gasteiger partial charge >= 0.3 is 0 Å². The Labute approximate surface area is 207 Å². The molecule has 0 atom stereocenters. The van der Waals surface area contributed by atoms with E-state index >= 15 is 0 Å². The molecule has 1 N–H and O–H groups in total. The molecule has 0 saturated heterocycles. The van der Waals surface area contributed by atoms with Gasteiger partial charge in [-0.05, 0) is 54.1 Å². The fraction of sp³-hybridized carbons (Fsp3) is 0.0741. The van der Waals surface area contributed by atoms with Gasteiger partial charge in [0, 0.05) is 33.1 Å². The van der Waals surface area contributed by atoms with Gasteiger partial charge in [-0.25, -0.2) is 8.42 Å². The predicted molar refractivity (Wildman–Crippen MR) is 141 cm³/mol. The van der Waals surface area contributed by atoms with E-state index < -0.39 is 10.0 Å². The lowest BCUT2D eigenvalue weighted by atomic mass is 10.1. The topological polar surface area (TPSA) is 79.6 Å². The van der Waals surface area contributed by atoms with Crippen LogP contribution in [0, 0.1) is 0 Å². The molecule has 176 valence electrons. The summed E-state index contributed by atoms with van der Waals surface area (Å²) < 4.78 is 32.1. The number of carbonyl (C=O) groups excluding carboxylic acids is 1. The second kappa shape index (κ2) is 9.09. The Kier molecular flexibility index (Phi) is 5.96. The molecule has 1 amide bonds. The number of nitrogens with zero attached hydrogens (tertiary/aromatic N) is 1. The highest BCUT2D eigenvalue weighted by Gasteiger charge is 2.19. The molecule has 0 saturated carbocycles. The number of rotatable bonds is 6. The van der Waals surface area contributed by atoms with E-state index in [0.717, 1.165) is 22.6 Å². The van der Waals surface area contributed by atoms with Crippen molar-refractivity contribution in [3.05, 3.63) is 107 Å². The third-order valence-electron chi connectivity index (χ3n) is 5.73. The Morgan fingerprint density at radius 1 is 0.886 bits per heavy atom. The summed E-state index contributed by atoms with van der Waals surface area (Å²) in [4.78, 5) is 12.8. The van der Waals surface area contributed by atoms with E-state index in [1.54, 1.807) is 54.6 Å².